The summed E-state index contributed by atoms with van der Waals surface area (Å²) in [5, 5.41) is 7.34. The van der Waals surface area contributed by atoms with E-state index in [0.717, 1.165) is 25.2 Å². The number of aromatic nitrogens is 2. The fraction of sp³-hybridized carbons (Fsp3) is 0.429. The highest BCUT2D eigenvalue weighted by atomic mass is 16.5. The molecule has 1 aromatic carbocycles. The zero-order valence-corrected chi connectivity index (χ0v) is 10.9. The molecule has 0 amide bonds. The van der Waals surface area contributed by atoms with Gasteiger partial charge in [-0.3, -0.25) is 0 Å². The molecule has 4 heteroatoms. The molecule has 0 bridgehead atoms. The van der Waals surface area contributed by atoms with Gasteiger partial charge >= 0.3 is 0 Å². The van der Waals surface area contributed by atoms with E-state index in [1.807, 2.05) is 13.0 Å². The van der Waals surface area contributed by atoms with E-state index in [1.165, 1.54) is 5.56 Å². The summed E-state index contributed by atoms with van der Waals surface area (Å²) in [6.07, 6.45) is 1.84. The summed E-state index contributed by atoms with van der Waals surface area (Å²) in [7, 11) is 0. The monoisotopic (exact) mass is 245 g/mol. The van der Waals surface area contributed by atoms with Crippen molar-refractivity contribution < 1.29 is 4.52 Å². The van der Waals surface area contributed by atoms with Crippen molar-refractivity contribution in [2.45, 2.75) is 32.7 Å². The largest absolute Gasteiger partial charge is 0.340 e. The second-order valence-corrected chi connectivity index (χ2v) is 4.52. The van der Waals surface area contributed by atoms with Gasteiger partial charge in [0.1, 0.15) is 0 Å². The van der Waals surface area contributed by atoms with E-state index in [4.69, 9.17) is 4.52 Å². The van der Waals surface area contributed by atoms with Gasteiger partial charge in [-0.15, -0.1) is 0 Å². The quantitative estimate of drug-likeness (QED) is 0.847. The van der Waals surface area contributed by atoms with Gasteiger partial charge < -0.3 is 9.84 Å². The SMILES string of the molecule is Cc1nc(CCNC(C)Cc2ccccc2)no1. The van der Waals surface area contributed by atoms with Gasteiger partial charge in [0.2, 0.25) is 5.89 Å². The molecule has 2 aromatic rings. The van der Waals surface area contributed by atoms with E-state index in [1.54, 1.807) is 0 Å². The van der Waals surface area contributed by atoms with E-state index in [2.05, 4.69) is 46.6 Å². The Kier molecular flexibility index (Phi) is 4.47. The lowest BCUT2D eigenvalue weighted by molar-refractivity contribution is 0.386. The molecule has 1 unspecified atom stereocenters. The zero-order chi connectivity index (χ0) is 12.8. The summed E-state index contributed by atoms with van der Waals surface area (Å²) in [5.74, 6) is 1.40. The molecular weight excluding hydrogens is 226 g/mol. The molecule has 0 saturated heterocycles. The van der Waals surface area contributed by atoms with Crippen LogP contribution in [0, 0.1) is 6.92 Å². The van der Waals surface area contributed by atoms with Crippen LogP contribution in [0.25, 0.3) is 0 Å². The van der Waals surface area contributed by atoms with Gasteiger partial charge in [0.15, 0.2) is 5.82 Å². The first-order valence-corrected chi connectivity index (χ1v) is 6.30. The Labute approximate surface area is 107 Å². The topological polar surface area (TPSA) is 51.0 Å². The molecular formula is C14H19N3O. The maximum atomic E-state index is 4.93. The van der Waals surface area contributed by atoms with Gasteiger partial charge in [0.25, 0.3) is 0 Å². The highest BCUT2D eigenvalue weighted by molar-refractivity contribution is 5.15. The van der Waals surface area contributed by atoms with E-state index in [-0.39, 0.29) is 0 Å². The fourth-order valence-electron chi connectivity index (χ4n) is 1.91. The van der Waals surface area contributed by atoms with Gasteiger partial charge in [-0.1, -0.05) is 35.5 Å². The van der Waals surface area contributed by atoms with Crippen LogP contribution in [0.3, 0.4) is 0 Å². The third-order valence-corrected chi connectivity index (χ3v) is 2.80. The third kappa shape index (κ3) is 3.96. The summed E-state index contributed by atoms with van der Waals surface area (Å²) in [6.45, 7) is 4.86. The molecule has 1 aromatic heterocycles. The van der Waals surface area contributed by atoms with Gasteiger partial charge in [0, 0.05) is 25.9 Å². The normalized spacial score (nSPS) is 12.6. The van der Waals surface area contributed by atoms with Crippen LogP contribution in [-0.4, -0.2) is 22.7 Å². The average Bonchev–Trinajstić information content (AvgIpc) is 2.76. The van der Waals surface area contributed by atoms with Crippen LogP contribution in [0.2, 0.25) is 0 Å². The van der Waals surface area contributed by atoms with Crippen molar-refractivity contribution >= 4 is 0 Å². The first kappa shape index (κ1) is 12.8. The molecule has 1 heterocycles. The number of hydrogen-bond acceptors (Lipinski definition) is 4. The van der Waals surface area contributed by atoms with Crippen LogP contribution in [0.15, 0.2) is 34.9 Å². The predicted molar refractivity (Wildman–Crippen MR) is 70.3 cm³/mol. The Balaban J connectivity index is 1.70. The number of hydrogen-bond donors (Lipinski definition) is 1. The molecule has 0 fully saturated rings. The maximum absolute atomic E-state index is 4.93. The molecule has 96 valence electrons. The van der Waals surface area contributed by atoms with Crippen LogP contribution < -0.4 is 5.32 Å². The number of rotatable bonds is 6. The van der Waals surface area contributed by atoms with E-state index >= 15 is 0 Å². The first-order valence-electron chi connectivity index (χ1n) is 6.30. The molecule has 0 aliphatic carbocycles. The number of benzene rings is 1. The fourth-order valence-corrected chi connectivity index (χ4v) is 1.91. The van der Waals surface area contributed by atoms with Crippen molar-refractivity contribution in [1.82, 2.24) is 15.5 Å². The standard InChI is InChI=1S/C14H19N3O/c1-11(10-13-6-4-3-5-7-13)15-9-8-14-16-12(2)18-17-14/h3-7,11,15H,8-10H2,1-2H3. The predicted octanol–water partition coefficient (Wildman–Crippen LogP) is 2.14. The molecule has 0 aliphatic rings. The minimum absolute atomic E-state index is 0.445. The lowest BCUT2D eigenvalue weighted by Gasteiger charge is -2.12. The van der Waals surface area contributed by atoms with Crippen LogP contribution in [0.4, 0.5) is 0 Å². The molecule has 18 heavy (non-hydrogen) atoms. The van der Waals surface area contributed by atoms with E-state index in [9.17, 15) is 0 Å². The van der Waals surface area contributed by atoms with Crippen LogP contribution >= 0.6 is 0 Å². The van der Waals surface area contributed by atoms with Crippen molar-refractivity contribution in [3.63, 3.8) is 0 Å². The van der Waals surface area contributed by atoms with Crippen molar-refractivity contribution in [2.75, 3.05) is 6.54 Å². The lowest BCUT2D eigenvalue weighted by atomic mass is 10.1. The van der Waals surface area contributed by atoms with Crippen molar-refractivity contribution in [3.05, 3.63) is 47.6 Å². The lowest BCUT2D eigenvalue weighted by Crippen LogP contribution is -2.30. The number of aryl methyl sites for hydroxylation is 1. The maximum Gasteiger partial charge on any atom is 0.223 e. The Morgan fingerprint density at radius 1 is 1.28 bits per heavy atom. The van der Waals surface area contributed by atoms with E-state index in [0.29, 0.717) is 11.9 Å². The van der Waals surface area contributed by atoms with Crippen LogP contribution in [-0.2, 0) is 12.8 Å². The Hall–Kier alpha value is -1.68. The molecule has 2 rings (SSSR count). The first-order chi connectivity index (χ1) is 8.74. The van der Waals surface area contributed by atoms with Crippen molar-refractivity contribution in [1.29, 1.82) is 0 Å². The molecule has 1 N–H and O–H groups in total. The van der Waals surface area contributed by atoms with Gasteiger partial charge in [-0.2, -0.15) is 4.98 Å². The minimum atomic E-state index is 0.445. The summed E-state index contributed by atoms with van der Waals surface area (Å²) in [6, 6.07) is 10.9. The van der Waals surface area contributed by atoms with Crippen molar-refractivity contribution in [3.8, 4) is 0 Å². The summed E-state index contributed by atoms with van der Waals surface area (Å²) in [4.78, 5) is 4.17. The highest BCUT2D eigenvalue weighted by Gasteiger charge is 2.05. The van der Waals surface area contributed by atoms with Gasteiger partial charge in [-0.05, 0) is 18.9 Å². The van der Waals surface area contributed by atoms with Crippen molar-refractivity contribution in [2.24, 2.45) is 0 Å². The molecule has 4 nitrogen and oxygen atoms in total. The minimum Gasteiger partial charge on any atom is -0.340 e. The molecule has 0 radical (unpaired) electrons. The second-order valence-electron chi connectivity index (χ2n) is 4.52. The van der Waals surface area contributed by atoms with Crippen LogP contribution in [0.1, 0.15) is 24.2 Å². The average molecular weight is 245 g/mol. The third-order valence-electron chi connectivity index (χ3n) is 2.80. The summed E-state index contributed by atoms with van der Waals surface area (Å²) < 4.78 is 4.93. The molecule has 0 spiro atoms. The van der Waals surface area contributed by atoms with Gasteiger partial charge in [0.05, 0.1) is 0 Å². The zero-order valence-electron chi connectivity index (χ0n) is 10.9. The summed E-state index contributed by atoms with van der Waals surface area (Å²) in [5.41, 5.74) is 1.35. The highest BCUT2D eigenvalue weighted by Crippen LogP contribution is 2.02. The smallest absolute Gasteiger partial charge is 0.223 e. The van der Waals surface area contributed by atoms with E-state index < -0.39 is 0 Å². The van der Waals surface area contributed by atoms with Gasteiger partial charge in [-0.25, -0.2) is 0 Å². The van der Waals surface area contributed by atoms with Crippen LogP contribution in [0.5, 0.6) is 0 Å². The molecule has 0 saturated carbocycles. The summed E-state index contributed by atoms with van der Waals surface area (Å²) >= 11 is 0. The Morgan fingerprint density at radius 2 is 2.06 bits per heavy atom. The second kappa shape index (κ2) is 6.31. The number of nitrogens with zero attached hydrogens (tertiary/aromatic N) is 2. The Bertz CT molecular complexity index is 467. The number of nitrogens with one attached hydrogen (secondary N) is 1. The molecule has 1 atom stereocenters. The molecule has 0 aliphatic heterocycles. The Morgan fingerprint density at radius 3 is 2.72 bits per heavy atom.